The van der Waals surface area contributed by atoms with Crippen LogP contribution in [0.15, 0.2) is 30.3 Å². The lowest BCUT2D eigenvalue weighted by molar-refractivity contribution is -0.150. The zero-order chi connectivity index (χ0) is 15.7. The van der Waals surface area contributed by atoms with Gasteiger partial charge in [0, 0.05) is 18.0 Å². The van der Waals surface area contributed by atoms with Crippen molar-refractivity contribution in [1.29, 1.82) is 0 Å². The normalized spacial score (nSPS) is 31.6. The molecule has 2 aliphatic rings. The van der Waals surface area contributed by atoms with E-state index in [1.165, 1.54) is 24.7 Å². The fourth-order valence-corrected chi connectivity index (χ4v) is 4.31. The van der Waals surface area contributed by atoms with Gasteiger partial charge in [0.05, 0.1) is 13.0 Å². The number of ether oxygens (including phenoxy) is 1. The van der Waals surface area contributed by atoms with Crippen LogP contribution in [0.2, 0.25) is 0 Å². The van der Waals surface area contributed by atoms with Crippen LogP contribution < -0.4 is 0 Å². The molecule has 0 N–H and O–H groups in total. The number of esters is 1. The summed E-state index contributed by atoms with van der Waals surface area (Å²) in [5.74, 6) is 0.182. The minimum absolute atomic E-state index is 0.0404. The molecule has 0 saturated carbocycles. The van der Waals surface area contributed by atoms with Crippen LogP contribution >= 0.6 is 0 Å². The average Bonchev–Trinajstić information content (AvgIpc) is 2.77. The first-order chi connectivity index (χ1) is 10.7. The number of nitrogens with zero attached hydrogens (tertiary/aromatic N) is 1. The van der Waals surface area contributed by atoms with Crippen molar-refractivity contribution in [3.8, 4) is 0 Å². The van der Waals surface area contributed by atoms with Crippen molar-refractivity contribution >= 4 is 12.0 Å². The molecule has 2 fully saturated rings. The summed E-state index contributed by atoms with van der Waals surface area (Å²) in [4.78, 5) is 14.8. The molecule has 3 nitrogen and oxygen atoms in total. The Labute approximate surface area is 133 Å². The van der Waals surface area contributed by atoms with Crippen LogP contribution in [0.4, 0.5) is 0 Å². The van der Waals surface area contributed by atoms with E-state index in [9.17, 15) is 4.79 Å². The van der Waals surface area contributed by atoms with E-state index < -0.39 is 0 Å². The van der Waals surface area contributed by atoms with Crippen LogP contribution in [-0.4, -0.2) is 37.1 Å². The molecule has 4 unspecified atom stereocenters. The quantitative estimate of drug-likeness (QED) is 0.801. The first-order valence-electron chi connectivity index (χ1n) is 8.18. The highest BCUT2D eigenvalue weighted by molar-refractivity contribution is 5.75. The SMILES string of the molecule is CC=Cc1ccc(C2CC3CCC(C2C(=O)OC)N3C)cc1. The lowest BCUT2D eigenvalue weighted by Crippen LogP contribution is -2.49. The molecule has 1 aromatic carbocycles. The molecule has 22 heavy (non-hydrogen) atoms. The molecule has 3 rings (SSSR count). The maximum Gasteiger partial charge on any atom is 0.310 e. The molecule has 2 aliphatic heterocycles. The van der Waals surface area contributed by atoms with Crippen molar-refractivity contribution in [3.05, 3.63) is 41.5 Å². The fraction of sp³-hybridized carbons (Fsp3) is 0.526. The monoisotopic (exact) mass is 299 g/mol. The van der Waals surface area contributed by atoms with Gasteiger partial charge in [-0.25, -0.2) is 0 Å². The minimum Gasteiger partial charge on any atom is -0.469 e. The molecular formula is C19H25NO2. The number of carbonyl (C=O) groups excluding carboxylic acids is 1. The Morgan fingerprint density at radius 1 is 1.27 bits per heavy atom. The molecule has 0 aromatic heterocycles. The molecule has 0 amide bonds. The molecule has 4 atom stereocenters. The molecule has 3 heteroatoms. The Morgan fingerprint density at radius 3 is 2.64 bits per heavy atom. The summed E-state index contributed by atoms with van der Waals surface area (Å²) in [5, 5.41) is 0. The molecule has 2 saturated heterocycles. The third-order valence-electron chi connectivity index (χ3n) is 5.47. The van der Waals surface area contributed by atoms with Gasteiger partial charge >= 0.3 is 5.97 Å². The molecule has 1 aromatic rings. The van der Waals surface area contributed by atoms with E-state index in [0.717, 1.165) is 12.8 Å². The van der Waals surface area contributed by atoms with E-state index >= 15 is 0 Å². The summed E-state index contributed by atoms with van der Waals surface area (Å²) < 4.78 is 5.13. The lowest BCUT2D eigenvalue weighted by Gasteiger charge is -2.41. The zero-order valence-electron chi connectivity index (χ0n) is 13.7. The Bertz CT molecular complexity index is 563. The van der Waals surface area contributed by atoms with E-state index in [0.29, 0.717) is 12.1 Å². The molecule has 118 valence electrons. The van der Waals surface area contributed by atoms with Gasteiger partial charge in [-0.15, -0.1) is 0 Å². The third kappa shape index (κ3) is 2.58. The summed E-state index contributed by atoms with van der Waals surface area (Å²) in [7, 11) is 3.67. The van der Waals surface area contributed by atoms with Crippen molar-refractivity contribution in [2.24, 2.45) is 5.92 Å². The number of allylic oxidation sites excluding steroid dienone is 1. The topological polar surface area (TPSA) is 29.5 Å². The third-order valence-corrected chi connectivity index (χ3v) is 5.47. The van der Waals surface area contributed by atoms with Gasteiger partial charge in [0.2, 0.25) is 0 Å². The lowest BCUT2D eigenvalue weighted by atomic mass is 9.76. The maximum atomic E-state index is 12.4. The van der Waals surface area contributed by atoms with Crippen LogP contribution in [0.5, 0.6) is 0 Å². The second kappa shape index (κ2) is 6.25. The first kappa shape index (κ1) is 15.3. The molecule has 0 spiro atoms. The van der Waals surface area contributed by atoms with Crippen LogP contribution in [0.1, 0.15) is 43.2 Å². The van der Waals surface area contributed by atoms with E-state index in [1.807, 2.05) is 13.0 Å². The number of piperidine rings is 1. The minimum atomic E-state index is -0.0558. The van der Waals surface area contributed by atoms with Crippen LogP contribution in [-0.2, 0) is 9.53 Å². The van der Waals surface area contributed by atoms with Crippen LogP contribution in [0, 0.1) is 5.92 Å². The highest BCUT2D eigenvalue weighted by atomic mass is 16.5. The van der Waals surface area contributed by atoms with Gasteiger partial charge < -0.3 is 4.74 Å². The van der Waals surface area contributed by atoms with E-state index in [4.69, 9.17) is 4.74 Å². The smallest absolute Gasteiger partial charge is 0.310 e. The van der Waals surface area contributed by atoms with Gasteiger partial charge in [0.15, 0.2) is 0 Å². The largest absolute Gasteiger partial charge is 0.469 e. The van der Waals surface area contributed by atoms with E-state index in [-0.39, 0.29) is 17.8 Å². The molecule has 2 heterocycles. The van der Waals surface area contributed by atoms with Crippen molar-refractivity contribution in [2.75, 3.05) is 14.2 Å². The van der Waals surface area contributed by atoms with Crippen molar-refractivity contribution in [3.63, 3.8) is 0 Å². The van der Waals surface area contributed by atoms with Crippen molar-refractivity contribution in [1.82, 2.24) is 4.90 Å². The predicted molar refractivity (Wildman–Crippen MR) is 88.6 cm³/mol. The zero-order valence-corrected chi connectivity index (χ0v) is 13.7. The number of hydrogen-bond donors (Lipinski definition) is 0. The van der Waals surface area contributed by atoms with Gasteiger partial charge in [0.1, 0.15) is 0 Å². The predicted octanol–water partition coefficient (Wildman–Crippen LogP) is 3.46. The Hall–Kier alpha value is -1.61. The number of benzene rings is 1. The summed E-state index contributed by atoms with van der Waals surface area (Å²) in [6.45, 7) is 2.02. The summed E-state index contributed by atoms with van der Waals surface area (Å²) in [6.07, 6.45) is 7.49. The standard InChI is InChI=1S/C19H25NO2/c1-4-5-13-6-8-14(9-7-13)16-12-15-10-11-17(20(15)2)18(16)19(21)22-3/h4-9,15-18H,10-12H2,1-3H3. The second-order valence-electron chi connectivity index (χ2n) is 6.52. The number of methoxy groups -OCH3 is 1. The van der Waals surface area contributed by atoms with Crippen molar-refractivity contribution in [2.45, 2.75) is 44.2 Å². The molecule has 2 bridgehead atoms. The summed E-state index contributed by atoms with van der Waals surface area (Å²) >= 11 is 0. The Kier molecular flexibility index (Phi) is 4.34. The molecular weight excluding hydrogens is 274 g/mol. The Balaban J connectivity index is 1.91. The highest BCUT2D eigenvalue weighted by Crippen LogP contribution is 2.46. The fourth-order valence-electron chi connectivity index (χ4n) is 4.31. The number of rotatable bonds is 3. The molecule has 0 aliphatic carbocycles. The summed E-state index contributed by atoms with van der Waals surface area (Å²) in [6, 6.07) is 9.58. The maximum absolute atomic E-state index is 12.4. The first-order valence-corrected chi connectivity index (χ1v) is 8.18. The highest BCUT2D eigenvalue weighted by Gasteiger charge is 2.49. The number of hydrogen-bond acceptors (Lipinski definition) is 3. The number of fused-ring (bicyclic) bond motifs is 2. The Morgan fingerprint density at radius 2 is 2.00 bits per heavy atom. The average molecular weight is 299 g/mol. The summed E-state index contributed by atoms with van der Waals surface area (Å²) in [5.41, 5.74) is 2.48. The van der Waals surface area contributed by atoms with Crippen LogP contribution in [0.25, 0.3) is 6.08 Å². The van der Waals surface area contributed by atoms with Gasteiger partial charge in [-0.2, -0.15) is 0 Å². The van der Waals surface area contributed by atoms with E-state index in [2.05, 4.69) is 42.3 Å². The molecule has 0 radical (unpaired) electrons. The number of carbonyl (C=O) groups is 1. The van der Waals surface area contributed by atoms with Gasteiger partial charge in [-0.1, -0.05) is 36.4 Å². The van der Waals surface area contributed by atoms with Gasteiger partial charge in [-0.3, -0.25) is 9.69 Å². The van der Waals surface area contributed by atoms with Crippen LogP contribution in [0.3, 0.4) is 0 Å². The van der Waals surface area contributed by atoms with Gasteiger partial charge in [-0.05, 0) is 44.4 Å². The second-order valence-corrected chi connectivity index (χ2v) is 6.52. The van der Waals surface area contributed by atoms with Crippen molar-refractivity contribution < 1.29 is 9.53 Å². The van der Waals surface area contributed by atoms with E-state index in [1.54, 1.807) is 0 Å². The van der Waals surface area contributed by atoms with Gasteiger partial charge in [0.25, 0.3) is 0 Å².